The molecule has 4 aromatic rings. The van der Waals surface area contributed by atoms with Gasteiger partial charge < -0.3 is 14.8 Å². The summed E-state index contributed by atoms with van der Waals surface area (Å²) >= 11 is 1.44. The molecule has 0 aliphatic carbocycles. The van der Waals surface area contributed by atoms with Crippen molar-refractivity contribution in [3.05, 3.63) is 78.4 Å². The van der Waals surface area contributed by atoms with Gasteiger partial charge in [-0.05, 0) is 48.4 Å². The van der Waals surface area contributed by atoms with Crippen molar-refractivity contribution >= 4 is 32.6 Å². The second-order valence-electron chi connectivity index (χ2n) is 6.46. The molecule has 146 valence electrons. The number of fused-ring (bicyclic) bond motifs is 1. The third kappa shape index (κ3) is 4.92. The van der Waals surface area contributed by atoms with Crippen LogP contribution in [0, 0.1) is 0 Å². The maximum absolute atomic E-state index is 12.3. The number of carbonyl (C=O) groups excluding carboxylic acids is 1. The van der Waals surface area contributed by atoms with Crippen LogP contribution in [0.4, 0.5) is 5.13 Å². The number of para-hydroxylation sites is 1. The zero-order valence-electron chi connectivity index (χ0n) is 15.9. The molecule has 0 atom stereocenters. The Morgan fingerprint density at radius 3 is 2.48 bits per heavy atom. The number of aromatic nitrogens is 1. The van der Waals surface area contributed by atoms with Gasteiger partial charge >= 0.3 is 0 Å². The van der Waals surface area contributed by atoms with Crippen LogP contribution in [0.15, 0.2) is 72.8 Å². The lowest BCUT2D eigenvalue weighted by Gasteiger charge is -2.04. The molecule has 0 unspecified atom stereocenters. The number of ether oxygens (including phenoxy) is 2. The molecule has 4 rings (SSSR count). The van der Waals surface area contributed by atoms with Crippen LogP contribution >= 0.6 is 11.3 Å². The van der Waals surface area contributed by atoms with Crippen molar-refractivity contribution in [2.75, 3.05) is 12.4 Å². The minimum absolute atomic E-state index is 0.0550. The summed E-state index contributed by atoms with van der Waals surface area (Å²) in [5.41, 5.74) is 1.92. The summed E-state index contributed by atoms with van der Waals surface area (Å²) < 4.78 is 12.0. The number of aryl methyl sites for hydroxylation is 1. The molecule has 5 nitrogen and oxygen atoms in total. The van der Waals surface area contributed by atoms with Crippen molar-refractivity contribution in [3.63, 3.8) is 0 Å². The Bertz CT molecular complexity index is 1110. The summed E-state index contributed by atoms with van der Waals surface area (Å²) in [6.07, 6.45) is 1.06. The van der Waals surface area contributed by atoms with E-state index in [1.165, 1.54) is 11.3 Å². The molecular formula is C23H20N2O3S. The van der Waals surface area contributed by atoms with Crippen LogP contribution in [0.5, 0.6) is 17.2 Å². The summed E-state index contributed by atoms with van der Waals surface area (Å²) in [7, 11) is 1.64. The molecule has 6 heteroatoms. The molecule has 1 heterocycles. The van der Waals surface area contributed by atoms with Crippen molar-refractivity contribution < 1.29 is 14.3 Å². The highest BCUT2D eigenvalue weighted by Crippen LogP contribution is 2.31. The Hall–Kier alpha value is -3.38. The van der Waals surface area contributed by atoms with E-state index in [-0.39, 0.29) is 5.91 Å². The Kier molecular flexibility index (Phi) is 5.72. The highest BCUT2D eigenvalue weighted by Gasteiger charge is 2.09. The van der Waals surface area contributed by atoms with E-state index in [4.69, 9.17) is 9.47 Å². The van der Waals surface area contributed by atoms with Crippen LogP contribution in [0.25, 0.3) is 10.2 Å². The summed E-state index contributed by atoms with van der Waals surface area (Å²) in [5.74, 6) is 2.28. The van der Waals surface area contributed by atoms with Gasteiger partial charge in [0.05, 0.1) is 17.3 Å². The highest BCUT2D eigenvalue weighted by molar-refractivity contribution is 7.22. The summed E-state index contributed by atoms with van der Waals surface area (Å²) in [6.45, 7) is 0. The van der Waals surface area contributed by atoms with Gasteiger partial charge in [0.25, 0.3) is 0 Å². The van der Waals surface area contributed by atoms with Gasteiger partial charge in [0.15, 0.2) is 5.13 Å². The van der Waals surface area contributed by atoms with Gasteiger partial charge in [-0.1, -0.05) is 41.7 Å². The first-order valence-electron chi connectivity index (χ1n) is 9.26. The monoisotopic (exact) mass is 404 g/mol. The SMILES string of the molecule is COc1ccc(CCC(=O)Nc2nc3ccc(Oc4ccccc4)cc3s2)cc1. The molecule has 0 fully saturated rings. The van der Waals surface area contributed by atoms with Crippen molar-refractivity contribution in [1.29, 1.82) is 0 Å². The molecule has 0 radical (unpaired) electrons. The van der Waals surface area contributed by atoms with Gasteiger partial charge in [-0.25, -0.2) is 4.98 Å². The number of thiazole rings is 1. The third-order valence-corrected chi connectivity index (χ3v) is 5.32. The average molecular weight is 404 g/mol. The summed E-state index contributed by atoms with van der Waals surface area (Å²) in [5, 5.41) is 3.49. The van der Waals surface area contributed by atoms with Crippen molar-refractivity contribution in [2.45, 2.75) is 12.8 Å². The Balaban J connectivity index is 1.37. The Morgan fingerprint density at radius 2 is 1.72 bits per heavy atom. The van der Waals surface area contributed by atoms with Crippen molar-refractivity contribution in [2.24, 2.45) is 0 Å². The van der Waals surface area contributed by atoms with Crippen molar-refractivity contribution in [1.82, 2.24) is 4.98 Å². The minimum Gasteiger partial charge on any atom is -0.497 e. The number of rotatable bonds is 7. The first-order valence-corrected chi connectivity index (χ1v) is 10.1. The van der Waals surface area contributed by atoms with Gasteiger partial charge in [0.1, 0.15) is 17.2 Å². The van der Waals surface area contributed by atoms with Crippen LogP contribution in [0.2, 0.25) is 0 Å². The number of anilines is 1. The number of hydrogen-bond acceptors (Lipinski definition) is 5. The molecule has 1 aromatic heterocycles. The molecule has 0 spiro atoms. The molecular weight excluding hydrogens is 384 g/mol. The topological polar surface area (TPSA) is 60.5 Å². The maximum atomic E-state index is 12.3. The van der Waals surface area contributed by atoms with Crippen LogP contribution in [-0.2, 0) is 11.2 Å². The van der Waals surface area contributed by atoms with Crippen LogP contribution in [0.1, 0.15) is 12.0 Å². The summed E-state index contributed by atoms with van der Waals surface area (Å²) in [6, 6.07) is 23.1. The molecule has 0 aliphatic rings. The zero-order valence-corrected chi connectivity index (χ0v) is 16.7. The van der Waals surface area contributed by atoms with E-state index in [2.05, 4.69) is 10.3 Å². The smallest absolute Gasteiger partial charge is 0.226 e. The van der Waals surface area contributed by atoms with Gasteiger partial charge in [0, 0.05) is 12.5 Å². The van der Waals surface area contributed by atoms with Gasteiger partial charge in [-0.15, -0.1) is 0 Å². The fourth-order valence-electron chi connectivity index (χ4n) is 2.88. The van der Waals surface area contributed by atoms with E-state index in [9.17, 15) is 4.79 Å². The number of benzene rings is 3. The molecule has 1 N–H and O–H groups in total. The highest BCUT2D eigenvalue weighted by atomic mass is 32.1. The lowest BCUT2D eigenvalue weighted by Crippen LogP contribution is -2.12. The van der Waals surface area contributed by atoms with E-state index in [1.54, 1.807) is 7.11 Å². The number of nitrogens with one attached hydrogen (secondary N) is 1. The molecule has 0 bridgehead atoms. The lowest BCUT2D eigenvalue weighted by atomic mass is 10.1. The van der Waals surface area contributed by atoms with Gasteiger partial charge in [-0.3, -0.25) is 4.79 Å². The van der Waals surface area contributed by atoms with E-state index in [0.717, 1.165) is 33.0 Å². The molecule has 0 saturated carbocycles. The largest absolute Gasteiger partial charge is 0.497 e. The molecule has 3 aromatic carbocycles. The maximum Gasteiger partial charge on any atom is 0.226 e. The standard InChI is InChI=1S/C23H20N2O3S/c1-27-17-10-7-16(8-11-17)9-14-22(26)25-23-24-20-13-12-19(15-21(20)29-23)28-18-5-3-2-4-6-18/h2-8,10-13,15H,9,14H2,1H3,(H,24,25,26). The molecule has 1 amide bonds. The zero-order chi connectivity index (χ0) is 20.1. The predicted molar refractivity (Wildman–Crippen MR) is 116 cm³/mol. The molecule has 0 aliphatic heterocycles. The Labute approximate surface area is 172 Å². The van der Waals surface area contributed by atoms with Gasteiger partial charge in [-0.2, -0.15) is 0 Å². The summed E-state index contributed by atoms with van der Waals surface area (Å²) in [4.78, 5) is 16.8. The van der Waals surface area contributed by atoms with Crippen molar-refractivity contribution in [3.8, 4) is 17.2 Å². The third-order valence-electron chi connectivity index (χ3n) is 4.38. The lowest BCUT2D eigenvalue weighted by molar-refractivity contribution is -0.116. The van der Waals surface area contributed by atoms with E-state index >= 15 is 0 Å². The second kappa shape index (κ2) is 8.75. The van der Waals surface area contributed by atoms with Crippen LogP contribution in [0.3, 0.4) is 0 Å². The van der Waals surface area contributed by atoms with Gasteiger partial charge in [0.2, 0.25) is 5.91 Å². The first kappa shape index (κ1) is 19.0. The number of carbonyl (C=O) groups is 1. The Morgan fingerprint density at radius 1 is 0.966 bits per heavy atom. The number of methoxy groups -OCH3 is 1. The first-order chi connectivity index (χ1) is 14.2. The van der Waals surface area contributed by atoms with Crippen LogP contribution in [-0.4, -0.2) is 18.0 Å². The van der Waals surface area contributed by atoms with E-state index in [0.29, 0.717) is 18.0 Å². The quantitative estimate of drug-likeness (QED) is 0.431. The second-order valence-corrected chi connectivity index (χ2v) is 7.49. The van der Waals surface area contributed by atoms with Crippen LogP contribution < -0.4 is 14.8 Å². The predicted octanol–water partition coefficient (Wildman–Crippen LogP) is 5.67. The number of amides is 1. The molecule has 0 saturated heterocycles. The average Bonchev–Trinajstić information content (AvgIpc) is 3.15. The number of hydrogen-bond donors (Lipinski definition) is 1. The van der Waals surface area contributed by atoms with E-state index < -0.39 is 0 Å². The van der Waals surface area contributed by atoms with E-state index in [1.807, 2.05) is 72.8 Å². The fourth-order valence-corrected chi connectivity index (χ4v) is 3.79. The molecule has 29 heavy (non-hydrogen) atoms. The minimum atomic E-state index is -0.0550. The number of nitrogens with zero attached hydrogens (tertiary/aromatic N) is 1. The normalized spacial score (nSPS) is 10.7. The fraction of sp³-hybridized carbons (Fsp3) is 0.130.